The zero-order valence-corrected chi connectivity index (χ0v) is 12.7. The Bertz CT molecular complexity index is 508. The van der Waals surface area contributed by atoms with E-state index in [1.54, 1.807) is 11.9 Å². The summed E-state index contributed by atoms with van der Waals surface area (Å²) in [7, 11) is 1.65. The maximum absolute atomic E-state index is 12.2. The second-order valence-electron chi connectivity index (χ2n) is 5.36. The van der Waals surface area contributed by atoms with E-state index in [0.29, 0.717) is 13.1 Å². The molecule has 0 radical (unpaired) electrons. The Morgan fingerprint density at radius 1 is 1.29 bits per heavy atom. The fraction of sp³-hybridized carbons (Fsp3) is 0.500. The van der Waals surface area contributed by atoms with E-state index < -0.39 is 0 Å². The maximum Gasteiger partial charge on any atom is 0.321 e. The molecule has 114 valence electrons. The lowest BCUT2D eigenvalue weighted by molar-refractivity contribution is -0.125. The van der Waals surface area contributed by atoms with Crippen LogP contribution in [-0.2, 0) is 11.2 Å². The quantitative estimate of drug-likeness (QED) is 0.896. The van der Waals surface area contributed by atoms with Gasteiger partial charge in [0, 0.05) is 31.7 Å². The molecule has 2 rings (SSSR count). The zero-order valence-electron chi connectivity index (χ0n) is 12.7. The van der Waals surface area contributed by atoms with E-state index in [-0.39, 0.29) is 17.9 Å². The van der Waals surface area contributed by atoms with Gasteiger partial charge in [0.1, 0.15) is 0 Å². The van der Waals surface area contributed by atoms with Crippen molar-refractivity contribution < 1.29 is 9.59 Å². The molecule has 0 atom stereocenters. The van der Waals surface area contributed by atoms with Crippen molar-refractivity contribution in [1.82, 2.24) is 10.2 Å². The van der Waals surface area contributed by atoms with Gasteiger partial charge >= 0.3 is 6.03 Å². The Morgan fingerprint density at radius 2 is 2.00 bits per heavy atom. The third-order valence-electron chi connectivity index (χ3n) is 3.99. The molecule has 0 spiro atoms. The largest absolute Gasteiger partial charge is 0.359 e. The van der Waals surface area contributed by atoms with Crippen LogP contribution in [-0.4, -0.2) is 37.0 Å². The minimum atomic E-state index is -0.0846. The van der Waals surface area contributed by atoms with Crippen LogP contribution in [0.4, 0.5) is 10.5 Å². The molecule has 1 saturated heterocycles. The summed E-state index contributed by atoms with van der Waals surface area (Å²) >= 11 is 0. The molecule has 21 heavy (non-hydrogen) atoms. The van der Waals surface area contributed by atoms with Crippen molar-refractivity contribution in [2.45, 2.75) is 26.2 Å². The highest BCUT2D eigenvalue weighted by molar-refractivity contribution is 5.89. The molecule has 5 nitrogen and oxygen atoms in total. The molecule has 1 fully saturated rings. The summed E-state index contributed by atoms with van der Waals surface area (Å²) in [5.74, 6) is 0.105. The number of rotatable bonds is 3. The number of carbonyl (C=O) groups excluding carboxylic acids is 2. The first-order valence-electron chi connectivity index (χ1n) is 7.50. The summed E-state index contributed by atoms with van der Waals surface area (Å²) in [4.78, 5) is 25.6. The van der Waals surface area contributed by atoms with Crippen LogP contribution in [0.25, 0.3) is 0 Å². The molecule has 1 aromatic carbocycles. The third-order valence-corrected chi connectivity index (χ3v) is 3.99. The van der Waals surface area contributed by atoms with Crippen molar-refractivity contribution in [1.29, 1.82) is 0 Å². The smallest absolute Gasteiger partial charge is 0.321 e. The summed E-state index contributed by atoms with van der Waals surface area (Å²) < 4.78 is 0. The molecule has 1 aliphatic heterocycles. The number of hydrogen-bond acceptors (Lipinski definition) is 2. The topological polar surface area (TPSA) is 61.4 Å². The highest BCUT2D eigenvalue weighted by atomic mass is 16.2. The summed E-state index contributed by atoms with van der Waals surface area (Å²) in [6.07, 6.45) is 2.39. The van der Waals surface area contributed by atoms with Crippen molar-refractivity contribution in [3.05, 3.63) is 29.8 Å². The maximum atomic E-state index is 12.2. The van der Waals surface area contributed by atoms with Crippen LogP contribution < -0.4 is 10.6 Å². The molecule has 0 aromatic heterocycles. The second-order valence-corrected chi connectivity index (χ2v) is 5.36. The average molecular weight is 289 g/mol. The lowest BCUT2D eigenvalue weighted by Gasteiger charge is -2.31. The van der Waals surface area contributed by atoms with Gasteiger partial charge < -0.3 is 15.5 Å². The fourth-order valence-electron chi connectivity index (χ4n) is 2.62. The van der Waals surface area contributed by atoms with E-state index >= 15 is 0 Å². The van der Waals surface area contributed by atoms with Crippen LogP contribution in [0, 0.1) is 5.92 Å². The molecule has 1 aliphatic rings. The van der Waals surface area contributed by atoms with Gasteiger partial charge in [-0.3, -0.25) is 4.79 Å². The Kier molecular flexibility index (Phi) is 5.20. The number of nitrogens with one attached hydrogen (secondary N) is 2. The van der Waals surface area contributed by atoms with E-state index in [4.69, 9.17) is 0 Å². The van der Waals surface area contributed by atoms with Crippen molar-refractivity contribution in [3.63, 3.8) is 0 Å². The van der Waals surface area contributed by atoms with Crippen molar-refractivity contribution in [2.24, 2.45) is 5.92 Å². The Balaban J connectivity index is 1.88. The van der Waals surface area contributed by atoms with E-state index in [9.17, 15) is 9.59 Å². The number of anilines is 1. The Labute approximate surface area is 125 Å². The van der Waals surface area contributed by atoms with Gasteiger partial charge in [-0.25, -0.2) is 4.79 Å². The van der Waals surface area contributed by atoms with Gasteiger partial charge in [-0.05, 0) is 37.0 Å². The third kappa shape index (κ3) is 3.97. The van der Waals surface area contributed by atoms with Gasteiger partial charge in [0.2, 0.25) is 5.91 Å². The van der Waals surface area contributed by atoms with E-state index in [1.807, 2.05) is 24.3 Å². The number of amides is 3. The average Bonchev–Trinajstić information content (AvgIpc) is 2.54. The number of benzene rings is 1. The molecule has 3 amide bonds. The Hall–Kier alpha value is -2.04. The van der Waals surface area contributed by atoms with Crippen LogP contribution in [0.15, 0.2) is 24.3 Å². The molecular formula is C16H23N3O2. The van der Waals surface area contributed by atoms with E-state index in [2.05, 4.69) is 17.6 Å². The van der Waals surface area contributed by atoms with Gasteiger partial charge in [-0.2, -0.15) is 0 Å². The van der Waals surface area contributed by atoms with Crippen LogP contribution in [0.2, 0.25) is 0 Å². The van der Waals surface area contributed by atoms with Crippen molar-refractivity contribution in [2.75, 3.05) is 25.5 Å². The van der Waals surface area contributed by atoms with Crippen LogP contribution >= 0.6 is 0 Å². The molecular weight excluding hydrogens is 266 g/mol. The van der Waals surface area contributed by atoms with Gasteiger partial charge in [-0.15, -0.1) is 0 Å². The lowest BCUT2D eigenvalue weighted by Crippen LogP contribution is -2.44. The van der Waals surface area contributed by atoms with Crippen LogP contribution in [0.1, 0.15) is 25.3 Å². The summed E-state index contributed by atoms with van der Waals surface area (Å²) in [5.41, 5.74) is 2.03. The normalized spacial score (nSPS) is 15.6. The SMILES string of the molecule is CCc1cccc(NC(=O)N2CCC(C(=O)NC)CC2)c1. The monoisotopic (exact) mass is 289 g/mol. The molecule has 0 saturated carbocycles. The highest BCUT2D eigenvalue weighted by Crippen LogP contribution is 2.19. The predicted octanol–water partition coefficient (Wildman–Crippen LogP) is 2.24. The van der Waals surface area contributed by atoms with Crippen LogP contribution in [0.3, 0.4) is 0 Å². The lowest BCUT2D eigenvalue weighted by atomic mass is 9.96. The first kappa shape index (κ1) is 15.4. The standard InChI is InChI=1S/C16H23N3O2/c1-3-12-5-4-6-14(11-12)18-16(21)19-9-7-13(8-10-19)15(20)17-2/h4-6,11,13H,3,7-10H2,1-2H3,(H,17,20)(H,18,21). The first-order valence-corrected chi connectivity index (χ1v) is 7.50. The number of hydrogen-bond donors (Lipinski definition) is 2. The van der Waals surface area contributed by atoms with Crippen molar-refractivity contribution >= 4 is 17.6 Å². The molecule has 1 heterocycles. The Morgan fingerprint density at radius 3 is 2.62 bits per heavy atom. The van der Waals surface area contributed by atoms with Gasteiger partial charge in [0.05, 0.1) is 0 Å². The van der Waals surface area contributed by atoms with Crippen LogP contribution in [0.5, 0.6) is 0 Å². The summed E-state index contributed by atoms with van der Waals surface area (Å²) in [6.45, 7) is 3.33. The summed E-state index contributed by atoms with van der Waals surface area (Å²) in [5, 5.41) is 5.60. The number of likely N-dealkylation sites (tertiary alicyclic amines) is 1. The molecule has 1 aromatic rings. The number of nitrogens with zero attached hydrogens (tertiary/aromatic N) is 1. The molecule has 5 heteroatoms. The highest BCUT2D eigenvalue weighted by Gasteiger charge is 2.26. The minimum absolute atomic E-state index is 0.0301. The number of urea groups is 1. The zero-order chi connectivity index (χ0) is 15.2. The number of carbonyl (C=O) groups is 2. The minimum Gasteiger partial charge on any atom is -0.359 e. The van der Waals surface area contributed by atoms with Gasteiger partial charge in [0.25, 0.3) is 0 Å². The molecule has 2 N–H and O–H groups in total. The van der Waals surface area contributed by atoms with Gasteiger partial charge in [-0.1, -0.05) is 19.1 Å². The number of aryl methyl sites for hydroxylation is 1. The first-order chi connectivity index (χ1) is 10.1. The van der Waals surface area contributed by atoms with E-state index in [1.165, 1.54) is 5.56 Å². The second kappa shape index (κ2) is 7.11. The van der Waals surface area contributed by atoms with Crippen molar-refractivity contribution in [3.8, 4) is 0 Å². The molecule has 0 unspecified atom stereocenters. The predicted molar refractivity (Wildman–Crippen MR) is 83.2 cm³/mol. The van der Waals surface area contributed by atoms with Gasteiger partial charge in [0.15, 0.2) is 0 Å². The summed E-state index contributed by atoms with van der Waals surface area (Å²) in [6, 6.07) is 7.80. The van der Waals surface area contributed by atoms with E-state index in [0.717, 1.165) is 24.9 Å². The number of piperidine rings is 1. The molecule has 0 bridgehead atoms. The fourth-order valence-corrected chi connectivity index (χ4v) is 2.62. The molecule has 0 aliphatic carbocycles.